The van der Waals surface area contributed by atoms with E-state index in [2.05, 4.69) is 49.2 Å². The van der Waals surface area contributed by atoms with Crippen molar-refractivity contribution >= 4 is 5.91 Å². The van der Waals surface area contributed by atoms with Crippen LogP contribution in [0.3, 0.4) is 0 Å². The van der Waals surface area contributed by atoms with Gasteiger partial charge in [0.25, 0.3) is 5.91 Å². The minimum atomic E-state index is -0.0448. The second-order valence-electron chi connectivity index (χ2n) is 8.14. The molecule has 0 aromatic carbocycles. The minimum Gasteiger partial charge on any atom is -0.310 e. The smallest absolute Gasteiger partial charge is 0.272 e. The SMILES string of the molecule is C=C(CCN(N/C=C(/C)CC)C(=O)c1cc(C)nc(C)c1)/C(=C\CC)[C@@H]1CCCN1. The Morgan fingerprint density at radius 3 is 2.60 bits per heavy atom. The first-order valence-electron chi connectivity index (χ1n) is 11.2. The summed E-state index contributed by atoms with van der Waals surface area (Å²) in [6, 6.07) is 4.09. The van der Waals surface area contributed by atoms with Crippen molar-refractivity contribution < 1.29 is 4.79 Å². The Balaban J connectivity index is 2.16. The zero-order chi connectivity index (χ0) is 22.1. The number of hydrogen-bond donors (Lipinski definition) is 2. The Morgan fingerprint density at radius 2 is 2.03 bits per heavy atom. The van der Waals surface area contributed by atoms with Gasteiger partial charge < -0.3 is 10.7 Å². The van der Waals surface area contributed by atoms with Crippen molar-refractivity contribution in [1.82, 2.24) is 20.7 Å². The molecule has 0 radical (unpaired) electrons. The van der Waals surface area contributed by atoms with Crippen LogP contribution in [-0.2, 0) is 0 Å². The zero-order valence-corrected chi connectivity index (χ0v) is 19.3. The van der Waals surface area contributed by atoms with Gasteiger partial charge in [0.15, 0.2) is 0 Å². The molecule has 0 aliphatic carbocycles. The fourth-order valence-corrected chi connectivity index (χ4v) is 3.72. The van der Waals surface area contributed by atoms with Gasteiger partial charge in [0.05, 0.1) is 0 Å². The van der Waals surface area contributed by atoms with Crippen LogP contribution in [0.2, 0.25) is 0 Å². The molecule has 0 unspecified atom stereocenters. The first kappa shape index (κ1) is 23.9. The monoisotopic (exact) mass is 410 g/mol. The van der Waals surface area contributed by atoms with Gasteiger partial charge in [-0.15, -0.1) is 0 Å². The lowest BCUT2D eigenvalue weighted by Crippen LogP contribution is -2.41. The third kappa shape index (κ3) is 6.84. The topological polar surface area (TPSA) is 57.3 Å². The van der Waals surface area contributed by atoms with E-state index in [0.717, 1.165) is 49.2 Å². The molecule has 0 saturated carbocycles. The number of nitrogens with zero attached hydrogens (tertiary/aromatic N) is 2. The van der Waals surface area contributed by atoms with Crippen molar-refractivity contribution in [2.45, 2.75) is 72.8 Å². The number of aromatic nitrogens is 1. The third-order valence-corrected chi connectivity index (χ3v) is 5.50. The molecule has 2 N–H and O–H groups in total. The highest BCUT2D eigenvalue weighted by molar-refractivity contribution is 5.94. The van der Waals surface area contributed by atoms with Gasteiger partial charge in [-0.25, -0.2) is 0 Å². The number of pyridine rings is 1. The number of rotatable bonds is 10. The number of amides is 1. The molecule has 30 heavy (non-hydrogen) atoms. The number of carbonyl (C=O) groups is 1. The number of aryl methyl sites for hydroxylation is 2. The second-order valence-corrected chi connectivity index (χ2v) is 8.14. The lowest BCUT2D eigenvalue weighted by molar-refractivity contribution is 0.0697. The highest BCUT2D eigenvalue weighted by atomic mass is 16.2. The predicted molar refractivity (Wildman–Crippen MR) is 125 cm³/mol. The summed E-state index contributed by atoms with van der Waals surface area (Å²) in [5, 5.41) is 5.28. The van der Waals surface area contributed by atoms with Gasteiger partial charge >= 0.3 is 0 Å². The molecule has 164 valence electrons. The molecule has 1 amide bonds. The third-order valence-electron chi connectivity index (χ3n) is 5.50. The van der Waals surface area contributed by atoms with Crippen LogP contribution in [0.5, 0.6) is 0 Å². The summed E-state index contributed by atoms with van der Waals surface area (Å²) in [6.45, 7) is 16.1. The number of carbonyl (C=O) groups excluding carboxylic acids is 1. The van der Waals surface area contributed by atoms with E-state index < -0.39 is 0 Å². The van der Waals surface area contributed by atoms with Crippen LogP contribution in [0.1, 0.15) is 74.6 Å². The highest BCUT2D eigenvalue weighted by Gasteiger charge is 2.22. The number of nitrogens with one attached hydrogen (secondary N) is 2. The van der Waals surface area contributed by atoms with Gasteiger partial charge in [-0.1, -0.05) is 32.1 Å². The summed E-state index contributed by atoms with van der Waals surface area (Å²) < 4.78 is 0. The van der Waals surface area contributed by atoms with E-state index in [1.165, 1.54) is 17.6 Å². The zero-order valence-electron chi connectivity index (χ0n) is 19.3. The van der Waals surface area contributed by atoms with E-state index >= 15 is 0 Å². The average Bonchev–Trinajstić information content (AvgIpc) is 3.24. The Morgan fingerprint density at radius 1 is 1.33 bits per heavy atom. The minimum absolute atomic E-state index is 0.0448. The van der Waals surface area contributed by atoms with E-state index in [9.17, 15) is 4.79 Å². The van der Waals surface area contributed by atoms with Crippen LogP contribution in [0.4, 0.5) is 0 Å². The molecule has 1 aromatic heterocycles. The lowest BCUT2D eigenvalue weighted by atomic mass is 9.95. The Bertz CT molecular complexity index is 783. The highest BCUT2D eigenvalue weighted by Crippen LogP contribution is 2.23. The molecular weight excluding hydrogens is 372 g/mol. The van der Waals surface area contributed by atoms with Gasteiger partial charge in [0.2, 0.25) is 0 Å². The molecule has 1 atom stereocenters. The molecule has 2 heterocycles. The quantitative estimate of drug-likeness (QED) is 0.421. The maximum absolute atomic E-state index is 13.3. The summed E-state index contributed by atoms with van der Waals surface area (Å²) >= 11 is 0. The van der Waals surface area contributed by atoms with Gasteiger partial charge in [-0.2, -0.15) is 0 Å². The molecule has 5 heteroatoms. The molecule has 1 aliphatic heterocycles. The summed E-state index contributed by atoms with van der Waals surface area (Å²) in [6.07, 6.45) is 9.20. The molecule has 0 bridgehead atoms. The average molecular weight is 411 g/mol. The van der Waals surface area contributed by atoms with Gasteiger partial charge in [-0.05, 0) is 82.7 Å². The normalized spacial score (nSPS) is 17.2. The largest absolute Gasteiger partial charge is 0.310 e. The molecule has 1 aromatic rings. The van der Waals surface area contributed by atoms with Crippen molar-refractivity contribution in [3.63, 3.8) is 0 Å². The molecule has 1 aliphatic rings. The number of hydrogen-bond acceptors (Lipinski definition) is 4. The molecular formula is C25H38N4O. The van der Waals surface area contributed by atoms with E-state index in [4.69, 9.17) is 0 Å². The second kappa shape index (κ2) is 11.7. The van der Waals surface area contributed by atoms with Crippen molar-refractivity contribution in [2.24, 2.45) is 0 Å². The van der Waals surface area contributed by atoms with E-state index in [0.29, 0.717) is 18.2 Å². The van der Waals surface area contributed by atoms with Crippen LogP contribution < -0.4 is 10.7 Å². The summed E-state index contributed by atoms with van der Waals surface area (Å²) in [4.78, 5) is 17.7. The Labute approximate surface area is 182 Å². The first-order chi connectivity index (χ1) is 14.3. The van der Waals surface area contributed by atoms with Crippen molar-refractivity contribution in [3.8, 4) is 0 Å². The maximum atomic E-state index is 13.3. The van der Waals surface area contributed by atoms with Gasteiger partial charge in [0.1, 0.15) is 0 Å². The summed E-state index contributed by atoms with van der Waals surface area (Å²) in [7, 11) is 0. The number of hydrazine groups is 1. The van der Waals surface area contributed by atoms with Crippen LogP contribution in [-0.4, -0.2) is 35.0 Å². The van der Waals surface area contributed by atoms with E-state index in [1.54, 1.807) is 5.01 Å². The lowest BCUT2D eigenvalue weighted by Gasteiger charge is -2.25. The Kier molecular flexibility index (Phi) is 9.31. The molecule has 1 fully saturated rings. The van der Waals surface area contributed by atoms with Crippen LogP contribution in [0, 0.1) is 13.8 Å². The fourth-order valence-electron chi connectivity index (χ4n) is 3.72. The van der Waals surface area contributed by atoms with Crippen molar-refractivity contribution in [2.75, 3.05) is 13.1 Å². The van der Waals surface area contributed by atoms with Crippen LogP contribution in [0.15, 0.2) is 47.7 Å². The van der Waals surface area contributed by atoms with E-state index in [1.807, 2.05) is 32.2 Å². The summed E-state index contributed by atoms with van der Waals surface area (Å²) in [5.74, 6) is -0.0448. The summed E-state index contributed by atoms with van der Waals surface area (Å²) in [5.41, 5.74) is 9.18. The first-order valence-corrected chi connectivity index (χ1v) is 11.2. The van der Waals surface area contributed by atoms with Crippen LogP contribution in [0.25, 0.3) is 0 Å². The molecule has 0 spiro atoms. The van der Waals surface area contributed by atoms with Crippen molar-refractivity contribution in [1.29, 1.82) is 0 Å². The standard InChI is InChI=1S/C25H38N4O/c1-7-10-23(24-11-9-13-26-24)19(4)12-14-29(27-17-18(3)8-2)25(30)22-15-20(5)28-21(6)16-22/h10,15-17,24,26-27H,4,7-9,11-14H2,1-3,5-6H3/b18-17-,23-10+/t24-/m0/s1. The van der Waals surface area contributed by atoms with Gasteiger partial charge in [0, 0.05) is 35.7 Å². The predicted octanol–water partition coefficient (Wildman–Crippen LogP) is 4.99. The van der Waals surface area contributed by atoms with Gasteiger partial charge in [-0.3, -0.25) is 14.8 Å². The molecule has 1 saturated heterocycles. The molecule has 5 nitrogen and oxygen atoms in total. The molecule has 2 rings (SSSR count). The number of allylic oxidation sites excluding steroid dienone is 2. The Hall–Kier alpha value is -2.40. The van der Waals surface area contributed by atoms with Crippen molar-refractivity contribution in [3.05, 3.63) is 64.7 Å². The van der Waals surface area contributed by atoms with E-state index in [-0.39, 0.29) is 5.91 Å². The maximum Gasteiger partial charge on any atom is 0.272 e. The van der Waals surface area contributed by atoms with Crippen LogP contribution >= 0.6 is 0 Å². The fraction of sp³-hybridized carbons (Fsp3) is 0.520.